The highest BCUT2D eigenvalue weighted by atomic mass is 16.4. The van der Waals surface area contributed by atoms with Gasteiger partial charge in [-0.15, -0.1) is 0 Å². The van der Waals surface area contributed by atoms with Crippen molar-refractivity contribution < 1.29 is 19.8 Å². The summed E-state index contributed by atoms with van der Waals surface area (Å²) in [5, 5.41) is 18.2. The molecule has 1 fully saturated rings. The van der Waals surface area contributed by atoms with Crippen LogP contribution in [0, 0.1) is 29.6 Å². The topological polar surface area (TPSA) is 74.6 Å². The van der Waals surface area contributed by atoms with E-state index in [1.807, 2.05) is 0 Å². The van der Waals surface area contributed by atoms with E-state index in [9.17, 15) is 14.7 Å². The van der Waals surface area contributed by atoms with Gasteiger partial charge in [-0.2, -0.15) is 0 Å². The van der Waals surface area contributed by atoms with E-state index in [1.165, 1.54) is 0 Å². The monoisotopic (exact) mass is 256 g/mol. The molecule has 104 valence electrons. The predicted octanol–water partition coefficient (Wildman–Crippen LogP) is 2.87. The van der Waals surface area contributed by atoms with Crippen molar-refractivity contribution in [2.45, 2.75) is 46.5 Å². The van der Waals surface area contributed by atoms with Gasteiger partial charge in [0, 0.05) is 0 Å². The number of carbonyl (C=O) groups is 2. The SMILES string of the molecule is CC1CCC(C(C)C)C(C(CC(=O)O)C(=O)O)C1. The number of hydrogen-bond acceptors (Lipinski definition) is 2. The molecule has 0 heterocycles. The first kappa shape index (κ1) is 15.0. The summed E-state index contributed by atoms with van der Waals surface area (Å²) in [5.41, 5.74) is 0. The minimum Gasteiger partial charge on any atom is -0.481 e. The zero-order valence-corrected chi connectivity index (χ0v) is 11.4. The Kier molecular flexibility index (Phi) is 5.17. The predicted molar refractivity (Wildman–Crippen MR) is 68.2 cm³/mol. The summed E-state index contributed by atoms with van der Waals surface area (Å²) >= 11 is 0. The van der Waals surface area contributed by atoms with E-state index in [1.54, 1.807) is 0 Å². The van der Waals surface area contributed by atoms with Crippen LogP contribution in [-0.4, -0.2) is 22.2 Å². The van der Waals surface area contributed by atoms with E-state index in [0.717, 1.165) is 19.3 Å². The summed E-state index contributed by atoms with van der Waals surface area (Å²) in [5.74, 6) is -1.45. The molecular weight excluding hydrogens is 232 g/mol. The second kappa shape index (κ2) is 6.21. The molecule has 0 aromatic rings. The van der Waals surface area contributed by atoms with Crippen molar-refractivity contribution in [2.75, 3.05) is 0 Å². The van der Waals surface area contributed by atoms with Crippen LogP contribution in [0.5, 0.6) is 0 Å². The van der Waals surface area contributed by atoms with Crippen molar-refractivity contribution in [1.29, 1.82) is 0 Å². The maximum absolute atomic E-state index is 11.3. The van der Waals surface area contributed by atoms with Crippen molar-refractivity contribution in [3.05, 3.63) is 0 Å². The molecule has 4 nitrogen and oxygen atoms in total. The van der Waals surface area contributed by atoms with Crippen molar-refractivity contribution in [1.82, 2.24) is 0 Å². The summed E-state index contributed by atoms with van der Waals surface area (Å²) in [6.45, 7) is 6.34. The van der Waals surface area contributed by atoms with Gasteiger partial charge in [0.15, 0.2) is 0 Å². The molecule has 0 saturated heterocycles. The highest BCUT2D eigenvalue weighted by Crippen LogP contribution is 2.42. The minimum absolute atomic E-state index is 0.00218. The van der Waals surface area contributed by atoms with Crippen molar-refractivity contribution in [3.8, 4) is 0 Å². The summed E-state index contributed by atoms with van der Waals surface area (Å²) in [4.78, 5) is 22.2. The Morgan fingerprint density at radius 3 is 2.22 bits per heavy atom. The molecule has 4 atom stereocenters. The molecule has 1 rings (SSSR count). The van der Waals surface area contributed by atoms with Crippen LogP contribution < -0.4 is 0 Å². The fraction of sp³-hybridized carbons (Fsp3) is 0.857. The van der Waals surface area contributed by atoms with E-state index in [2.05, 4.69) is 20.8 Å². The van der Waals surface area contributed by atoms with Gasteiger partial charge in [-0.05, 0) is 36.5 Å². The second-order valence-corrected chi connectivity index (χ2v) is 6.03. The van der Waals surface area contributed by atoms with Crippen molar-refractivity contribution in [3.63, 3.8) is 0 Å². The summed E-state index contributed by atoms with van der Waals surface area (Å²) in [6, 6.07) is 0. The van der Waals surface area contributed by atoms with Crippen LogP contribution in [0.2, 0.25) is 0 Å². The van der Waals surface area contributed by atoms with Crippen LogP contribution in [0.3, 0.4) is 0 Å². The maximum Gasteiger partial charge on any atom is 0.307 e. The number of aliphatic carboxylic acids is 2. The fourth-order valence-corrected chi connectivity index (χ4v) is 3.35. The Labute approximate surface area is 108 Å². The van der Waals surface area contributed by atoms with Crippen LogP contribution in [0.15, 0.2) is 0 Å². The Morgan fingerprint density at radius 2 is 1.78 bits per heavy atom. The molecule has 0 radical (unpaired) electrons. The van der Waals surface area contributed by atoms with Gasteiger partial charge in [0.2, 0.25) is 0 Å². The molecule has 4 heteroatoms. The summed E-state index contributed by atoms with van der Waals surface area (Å²) in [7, 11) is 0. The lowest BCUT2D eigenvalue weighted by atomic mass is 9.65. The molecule has 18 heavy (non-hydrogen) atoms. The smallest absolute Gasteiger partial charge is 0.307 e. The lowest BCUT2D eigenvalue weighted by molar-refractivity contribution is -0.152. The molecule has 0 bridgehead atoms. The van der Waals surface area contributed by atoms with E-state index < -0.39 is 17.9 Å². The Morgan fingerprint density at radius 1 is 1.17 bits per heavy atom. The number of rotatable bonds is 5. The average Bonchev–Trinajstić information content (AvgIpc) is 2.24. The first-order valence-electron chi connectivity index (χ1n) is 6.77. The third kappa shape index (κ3) is 3.72. The standard InChI is InChI=1S/C14H24O4/c1-8(2)10-5-4-9(3)6-11(10)12(14(17)18)7-13(15)16/h8-12H,4-7H2,1-3H3,(H,15,16)(H,17,18). The third-order valence-corrected chi connectivity index (χ3v) is 4.30. The first-order valence-corrected chi connectivity index (χ1v) is 6.77. The van der Waals surface area contributed by atoms with Gasteiger partial charge < -0.3 is 10.2 Å². The molecule has 2 N–H and O–H groups in total. The van der Waals surface area contributed by atoms with Gasteiger partial charge in [-0.3, -0.25) is 9.59 Å². The Balaban J connectivity index is 2.89. The number of carboxylic acids is 2. The summed E-state index contributed by atoms with van der Waals surface area (Å²) < 4.78 is 0. The molecule has 0 spiro atoms. The van der Waals surface area contributed by atoms with E-state index in [0.29, 0.717) is 17.8 Å². The third-order valence-electron chi connectivity index (χ3n) is 4.30. The maximum atomic E-state index is 11.3. The lowest BCUT2D eigenvalue weighted by Gasteiger charge is -2.40. The van der Waals surface area contributed by atoms with Gasteiger partial charge in [0.25, 0.3) is 0 Å². The molecule has 1 saturated carbocycles. The van der Waals surface area contributed by atoms with Gasteiger partial charge in [-0.25, -0.2) is 0 Å². The van der Waals surface area contributed by atoms with Crippen molar-refractivity contribution >= 4 is 11.9 Å². The minimum atomic E-state index is -1.01. The van der Waals surface area contributed by atoms with Gasteiger partial charge in [0.1, 0.15) is 0 Å². The summed E-state index contributed by atoms with van der Waals surface area (Å²) in [6.07, 6.45) is 2.73. The fourth-order valence-electron chi connectivity index (χ4n) is 3.35. The molecule has 1 aliphatic carbocycles. The first-order chi connectivity index (χ1) is 8.32. The highest BCUT2D eigenvalue weighted by Gasteiger charge is 2.39. The molecule has 4 unspecified atom stereocenters. The van der Waals surface area contributed by atoms with Crippen LogP contribution in [0.1, 0.15) is 46.5 Å². The van der Waals surface area contributed by atoms with Gasteiger partial charge >= 0.3 is 11.9 Å². The normalized spacial score (nSPS) is 30.1. The van der Waals surface area contributed by atoms with Gasteiger partial charge in [0.05, 0.1) is 12.3 Å². The van der Waals surface area contributed by atoms with Crippen LogP contribution >= 0.6 is 0 Å². The van der Waals surface area contributed by atoms with Crippen molar-refractivity contribution in [2.24, 2.45) is 29.6 Å². The Hall–Kier alpha value is -1.06. The lowest BCUT2D eigenvalue weighted by Crippen LogP contribution is -2.37. The molecule has 0 aliphatic heterocycles. The zero-order chi connectivity index (χ0) is 13.9. The van der Waals surface area contributed by atoms with E-state index in [-0.39, 0.29) is 12.3 Å². The second-order valence-electron chi connectivity index (χ2n) is 6.03. The number of carboxylic acid groups (broad SMARTS) is 2. The molecule has 0 aromatic heterocycles. The quantitative estimate of drug-likeness (QED) is 0.793. The largest absolute Gasteiger partial charge is 0.481 e. The van der Waals surface area contributed by atoms with Gasteiger partial charge in [-0.1, -0.05) is 27.2 Å². The molecular formula is C14H24O4. The Bertz CT molecular complexity index is 311. The number of hydrogen-bond donors (Lipinski definition) is 2. The van der Waals surface area contributed by atoms with Crippen LogP contribution in [0.25, 0.3) is 0 Å². The molecule has 0 amide bonds. The average molecular weight is 256 g/mol. The van der Waals surface area contributed by atoms with E-state index in [4.69, 9.17) is 5.11 Å². The molecule has 0 aromatic carbocycles. The molecule has 1 aliphatic rings. The highest BCUT2D eigenvalue weighted by molar-refractivity contribution is 5.78. The van der Waals surface area contributed by atoms with Crippen LogP contribution in [0.4, 0.5) is 0 Å². The van der Waals surface area contributed by atoms with E-state index >= 15 is 0 Å². The van der Waals surface area contributed by atoms with Crippen LogP contribution in [-0.2, 0) is 9.59 Å². The zero-order valence-electron chi connectivity index (χ0n) is 11.4.